The first-order valence-corrected chi connectivity index (χ1v) is 8.86. The lowest BCUT2D eigenvalue weighted by molar-refractivity contribution is -0.192. The molecule has 160 valence electrons. The Morgan fingerprint density at radius 2 is 1.90 bits per heavy atom. The Hall–Kier alpha value is -2.96. The van der Waals surface area contributed by atoms with Crippen LogP contribution < -0.4 is 5.32 Å². The number of aliphatic carboxylic acids is 1. The first-order valence-electron chi connectivity index (χ1n) is 8.86. The lowest BCUT2D eigenvalue weighted by atomic mass is 10.2. The van der Waals surface area contributed by atoms with Gasteiger partial charge in [-0.25, -0.2) is 14.5 Å². The molecule has 0 unspecified atom stereocenters. The van der Waals surface area contributed by atoms with E-state index in [4.69, 9.17) is 9.90 Å². The zero-order chi connectivity index (χ0) is 21.4. The molecule has 0 saturated carbocycles. The Balaban J connectivity index is 0.000000370. The fraction of sp³-hybridized carbons (Fsp3) is 0.562. The predicted octanol–water partition coefficient (Wildman–Crippen LogP) is 0.552. The van der Waals surface area contributed by atoms with Crippen LogP contribution in [0.15, 0.2) is 18.7 Å². The molecule has 1 amide bonds. The van der Waals surface area contributed by atoms with Gasteiger partial charge in [0.25, 0.3) is 5.91 Å². The summed E-state index contributed by atoms with van der Waals surface area (Å²) in [6.45, 7) is 6.66. The Labute approximate surface area is 164 Å². The van der Waals surface area contributed by atoms with Crippen molar-refractivity contribution in [2.45, 2.75) is 32.6 Å². The number of aromatic nitrogens is 5. The number of alkyl halides is 3. The zero-order valence-electron chi connectivity index (χ0n) is 15.8. The van der Waals surface area contributed by atoms with Crippen LogP contribution in [0.1, 0.15) is 22.6 Å². The minimum atomic E-state index is -5.08. The minimum Gasteiger partial charge on any atom is -0.475 e. The number of piperazine rings is 1. The monoisotopic (exact) mass is 417 g/mol. The van der Waals surface area contributed by atoms with Crippen molar-refractivity contribution in [3.8, 4) is 0 Å². The van der Waals surface area contributed by atoms with E-state index in [9.17, 15) is 18.0 Å². The summed E-state index contributed by atoms with van der Waals surface area (Å²) in [6, 6.07) is 0. The number of nitrogens with one attached hydrogen (secondary N) is 1. The van der Waals surface area contributed by atoms with Crippen molar-refractivity contribution in [2.24, 2.45) is 0 Å². The summed E-state index contributed by atoms with van der Waals surface area (Å²) in [5, 5.41) is 18.6. The van der Waals surface area contributed by atoms with E-state index >= 15 is 0 Å². The number of carbonyl (C=O) groups excluding carboxylic acids is 1. The van der Waals surface area contributed by atoms with Gasteiger partial charge in [-0.3, -0.25) is 4.79 Å². The second-order valence-corrected chi connectivity index (χ2v) is 6.25. The molecule has 0 radical (unpaired) electrons. The Kier molecular flexibility index (Phi) is 7.70. The van der Waals surface area contributed by atoms with Crippen molar-refractivity contribution in [1.29, 1.82) is 0 Å². The molecule has 29 heavy (non-hydrogen) atoms. The first-order chi connectivity index (χ1) is 13.7. The third-order valence-corrected chi connectivity index (χ3v) is 4.18. The van der Waals surface area contributed by atoms with Crippen molar-refractivity contribution in [3.05, 3.63) is 30.1 Å². The number of hydrogen-bond donors (Lipinski definition) is 2. The minimum absolute atomic E-state index is 0.0140. The van der Waals surface area contributed by atoms with Crippen molar-refractivity contribution >= 4 is 11.9 Å². The van der Waals surface area contributed by atoms with Gasteiger partial charge >= 0.3 is 12.1 Å². The van der Waals surface area contributed by atoms with Gasteiger partial charge in [0.05, 0.1) is 12.0 Å². The molecule has 2 aromatic rings. The van der Waals surface area contributed by atoms with Crippen LogP contribution in [0, 0.1) is 6.92 Å². The van der Waals surface area contributed by atoms with Crippen LogP contribution in [-0.2, 0) is 17.9 Å². The summed E-state index contributed by atoms with van der Waals surface area (Å²) in [4.78, 5) is 27.2. The molecule has 13 heteroatoms. The van der Waals surface area contributed by atoms with Gasteiger partial charge in [-0.15, -0.1) is 5.10 Å². The maximum absolute atomic E-state index is 12.5. The third-order valence-electron chi connectivity index (χ3n) is 4.18. The molecular formula is C16H22F3N7O3. The van der Waals surface area contributed by atoms with E-state index in [-0.39, 0.29) is 5.91 Å². The highest BCUT2D eigenvalue weighted by molar-refractivity contribution is 5.93. The highest BCUT2D eigenvalue weighted by Crippen LogP contribution is 2.13. The maximum Gasteiger partial charge on any atom is 0.490 e. The number of nitrogens with zero attached hydrogens (tertiary/aromatic N) is 6. The van der Waals surface area contributed by atoms with E-state index in [0.717, 1.165) is 51.4 Å². The fourth-order valence-corrected chi connectivity index (χ4v) is 2.61. The molecule has 3 rings (SSSR count). The number of carbonyl (C=O) groups is 2. The fourth-order valence-electron chi connectivity index (χ4n) is 2.61. The molecule has 10 nitrogen and oxygen atoms in total. The standard InChI is InChI=1S/C14H21N7O.C2HF3O2/c1-12-13(14(22)20-9-4-15-5-10-20)17-18-21(12)7-2-6-19-8-3-16-11-19;3-2(4,5)1(6)7/h3,8,11,15H,2,4-7,9-10H2,1H3;(H,6,7). The van der Waals surface area contributed by atoms with E-state index < -0.39 is 12.1 Å². The number of carboxylic acids is 1. The van der Waals surface area contributed by atoms with Crippen LogP contribution in [0.3, 0.4) is 0 Å². The second-order valence-electron chi connectivity index (χ2n) is 6.25. The number of hydrogen-bond acceptors (Lipinski definition) is 6. The van der Waals surface area contributed by atoms with E-state index in [2.05, 4.69) is 20.6 Å². The molecule has 1 aliphatic rings. The lowest BCUT2D eigenvalue weighted by Gasteiger charge is -2.26. The third kappa shape index (κ3) is 6.55. The molecule has 0 atom stereocenters. The molecule has 0 bridgehead atoms. The molecular weight excluding hydrogens is 395 g/mol. The van der Waals surface area contributed by atoms with Crippen LogP contribution in [0.4, 0.5) is 13.2 Å². The van der Waals surface area contributed by atoms with Crippen molar-refractivity contribution in [1.82, 2.24) is 34.8 Å². The van der Waals surface area contributed by atoms with E-state index in [0.29, 0.717) is 5.69 Å². The summed E-state index contributed by atoms with van der Waals surface area (Å²) in [6.07, 6.45) is 1.34. The van der Waals surface area contributed by atoms with Gasteiger partial charge in [0, 0.05) is 51.7 Å². The van der Waals surface area contributed by atoms with Crippen molar-refractivity contribution in [2.75, 3.05) is 26.2 Å². The van der Waals surface area contributed by atoms with Crippen molar-refractivity contribution < 1.29 is 27.9 Å². The van der Waals surface area contributed by atoms with E-state index in [1.807, 2.05) is 27.3 Å². The number of halogens is 3. The molecule has 1 saturated heterocycles. The number of rotatable bonds is 5. The molecule has 3 heterocycles. The average molecular weight is 417 g/mol. The maximum atomic E-state index is 12.5. The zero-order valence-corrected chi connectivity index (χ0v) is 15.8. The molecule has 1 aliphatic heterocycles. The van der Waals surface area contributed by atoms with Crippen LogP contribution in [-0.4, -0.2) is 78.8 Å². The van der Waals surface area contributed by atoms with E-state index in [1.54, 1.807) is 12.5 Å². The van der Waals surface area contributed by atoms with Gasteiger partial charge in [0.1, 0.15) is 0 Å². The van der Waals surface area contributed by atoms with Gasteiger partial charge in [-0.05, 0) is 13.3 Å². The number of aryl methyl sites for hydroxylation is 2. The van der Waals surface area contributed by atoms with Gasteiger partial charge < -0.3 is 19.9 Å². The number of amides is 1. The molecule has 0 aliphatic carbocycles. The normalized spacial score (nSPS) is 14.3. The Morgan fingerprint density at radius 3 is 2.45 bits per heavy atom. The van der Waals surface area contributed by atoms with Crippen molar-refractivity contribution in [3.63, 3.8) is 0 Å². The summed E-state index contributed by atoms with van der Waals surface area (Å²) >= 11 is 0. The predicted molar refractivity (Wildman–Crippen MR) is 94.1 cm³/mol. The molecule has 1 fully saturated rings. The van der Waals surface area contributed by atoms with Gasteiger partial charge in [-0.2, -0.15) is 13.2 Å². The molecule has 2 N–H and O–H groups in total. The Morgan fingerprint density at radius 1 is 1.24 bits per heavy atom. The quantitative estimate of drug-likeness (QED) is 0.730. The van der Waals surface area contributed by atoms with Crippen LogP contribution in [0.25, 0.3) is 0 Å². The van der Waals surface area contributed by atoms with Crippen LogP contribution >= 0.6 is 0 Å². The van der Waals surface area contributed by atoms with E-state index in [1.165, 1.54) is 0 Å². The molecule has 0 aromatic carbocycles. The van der Waals surface area contributed by atoms with Gasteiger partial charge in [0.15, 0.2) is 5.69 Å². The average Bonchev–Trinajstić information content (AvgIpc) is 3.32. The Bertz CT molecular complexity index is 799. The lowest BCUT2D eigenvalue weighted by Crippen LogP contribution is -2.46. The highest BCUT2D eigenvalue weighted by Gasteiger charge is 2.38. The molecule has 0 spiro atoms. The van der Waals surface area contributed by atoms with Gasteiger partial charge in [-0.1, -0.05) is 5.21 Å². The smallest absolute Gasteiger partial charge is 0.475 e. The SMILES string of the molecule is Cc1c(C(=O)N2CCNCC2)nnn1CCCn1ccnc1.O=C(O)C(F)(F)F. The number of carboxylic acid groups (broad SMARTS) is 1. The second kappa shape index (κ2) is 10.0. The topological polar surface area (TPSA) is 118 Å². The first kappa shape index (κ1) is 22.3. The largest absolute Gasteiger partial charge is 0.490 e. The summed E-state index contributed by atoms with van der Waals surface area (Å²) in [5.74, 6) is -2.77. The molecule has 2 aromatic heterocycles. The van der Waals surface area contributed by atoms with Crippen LogP contribution in [0.2, 0.25) is 0 Å². The van der Waals surface area contributed by atoms with Crippen LogP contribution in [0.5, 0.6) is 0 Å². The highest BCUT2D eigenvalue weighted by atomic mass is 19.4. The summed E-state index contributed by atoms with van der Waals surface area (Å²) < 4.78 is 35.6. The van der Waals surface area contributed by atoms with Gasteiger partial charge in [0.2, 0.25) is 0 Å². The summed E-state index contributed by atoms with van der Waals surface area (Å²) in [7, 11) is 0. The summed E-state index contributed by atoms with van der Waals surface area (Å²) in [5.41, 5.74) is 1.32. The number of imidazole rings is 1.